The average Bonchev–Trinajstić information content (AvgIpc) is 2.97. The summed E-state index contributed by atoms with van der Waals surface area (Å²) in [6.07, 6.45) is 2.33. The van der Waals surface area contributed by atoms with Crippen LogP contribution in [0.25, 0.3) is 11.3 Å². The lowest BCUT2D eigenvalue weighted by Crippen LogP contribution is -2.17. The maximum atomic E-state index is 11.7. The normalized spacial score (nSPS) is 10.7. The van der Waals surface area contributed by atoms with Crippen LogP contribution >= 0.6 is 11.3 Å². The Morgan fingerprint density at radius 2 is 2.00 bits per heavy atom. The number of carbonyl (C=O) groups excluding carboxylic acids is 1. The number of rotatable bonds is 7. The van der Waals surface area contributed by atoms with E-state index in [1.54, 1.807) is 11.3 Å². The number of hydrogen-bond acceptors (Lipinski definition) is 4. The summed E-state index contributed by atoms with van der Waals surface area (Å²) in [6, 6.07) is 7.81. The molecule has 0 aliphatic heterocycles. The van der Waals surface area contributed by atoms with Gasteiger partial charge in [0.1, 0.15) is 0 Å². The molecule has 0 aliphatic rings. The van der Waals surface area contributed by atoms with Gasteiger partial charge in [-0.2, -0.15) is 0 Å². The van der Waals surface area contributed by atoms with Gasteiger partial charge < -0.3 is 10.6 Å². The van der Waals surface area contributed by atoms with Crippen molar-refractivity contribution in [1.29, 1.82) is 0 Å². The van der Waals surface area contributed by atoms with Crippen molar-refractivity contribution in [2.75, 3.05) is 17.2 Å². The Balaban J connectivity index is 1.99. The van der Waals surface area contributed by atoms with E-state index >= 15 is 0 Å². The quantitative estimate of drug-likeness (QED) is 0.733. The minimum atomic E-state index is -0.0185. The Hall–Kier alpha value is -1.88. The fourth-order valence-corrected chi connectivity index (χ4v) is 2.62. The second-order valence-corrected chi connectivity index (χ2v) is 6.40. The van der Waals surface area contributed by atoms with E-state index in [9.17, 15) is 4.79 Å². The maximum absolute atomic E-state index is 11.7. The fourth-order valence-electron chi connectivity index (χ4n) is 1.87. The molecule has 0 bridgehead atoms. The van der Waals surface area contributed by atoms with Crippen LogP contribution < -0.4 is 10.6 Å². The molecule has 1 aromatic carbocycles. The molecule has 0 atom stereocenters. The molecule has 0 saturated carbocycles. The van der Waals surface area contributed by atoms with Crippen molar-refractivity contribution < 1.29 is 4.79 Å². The summed E-state index contributed by atoms with van der Waals surface area (Å²) in [7, 11) is 0. The standard InChI is InChI=1S/C17H23N3OS/c1-4-5-10-18-17-20-15(11-22-17)13-6-8-14(9-7-13)19-16(21)12(2)3/h6-9,11-12H,4-5,10H2,1-3H3,(H,18,20)(H,19,21). The SMILES string of the molecule is CCCCNc1nc(-c2ccc(NC(=O)C(C)C)cc2)cs1. The number of anilines is 2. The molecule has 0 saturated heterocycles. The summed E-state index contributed by atoms with van der Waals surface area (Å²) >= 11 is 1.62. The highest BCUT2D eigenvalue weighted by Gasteiger charge is 2.08. The lowest BCUT2D eigenvalue weighted by atomic mass is 10.1. The third kappa shape index (κ3) is 4.56. The number of aromatic nitrogens is 1. The Morgan fingerprint density at radius 1 is 1.27 bits per heavy atom. The zero-order chi connectivity index (χ0) is 15.9. The van der Waals surface area contributed by atoms with Gasteiger partial charge >= 0.3 is 0 Å². The molecule has 0 fully saturated rings. The summed E-state index contributed by atoms with van der Waals surface area (Å²) in [5, 5.41) is 9.24. The molecule has 0 unspecified atom stereocenters. The number of benzene rings is 1. The summed E-state index contributed by atoms with van der Waals surface area (Å²) in [6.45, 7) is 6.90. The highest BCUT2D eigenvalue weighted by Crippen LogP contribution is 2.26. The van der Waals surface area contributed by atoms with Crippen LogP contribution in [-0.4, -0.2) is 17.4 Å². The number of hydrogen-bond donors (Lipinski definition) is 2. The second-order valence-electron chi connectivity index (χ2n) is 5.54. The Labute approximate surface area is 136 Å². The van der Waals surface area contributed by atoms with E-state index in [1.165, 1.54) is 6.42 Å². The lowest BCUT2D eigenvalue weighted by molar-refractivity contribution is -0.118. The highest BCUT2D eigenvalue weighted by atomic mass is 32.1. The van der Waals surface area contributed by atoms with E-state index < -0.39 is 0 Å². The predicted molar refractivity (Wildman–Crippen MR) is 94.4 cm³/mol. The maximum Gasteiger partial charge on any atom is 0.226 e. The van der Waals surface area contributed by atoms with Crippen LogP contribution in [0.2, 0.25) is 0 Å². The first-order valence-electron chi connectivity index (χ1n) is 7.71. The minimum absolute atomic E-state index is 0.0185. The first-order valence-corrected chi connectivity index (χ1v) is 8.58. The van der Waals surface area contributed by atoms with Crippen molar-refractivity contribution >= 4 is 28.1 Å². The Bertz CT molecular complexity index is 605. The molecular formula is C17H23N3OS. The van der Waals surface area contributed by atoms with Gasteiger partial charge in [-0.25, -0.2) is 4.98 Å². The van der Waals surface area contributed by atoms with Gasteiger partial charge in [-0.15, -0.1) is 11.3 Å². The van der Waals surface area contributed by atoms with E-state index in [1.807, 2.05) is 38.1 Å². The lowest BCUT2D eigenvalue weighted by Gasteiger charge is -2.07. The fraction of sp³-hybridized carbons (Fsp3) is 0.412. The number of nitrogens with one attached hydrogen (secondary N) is 2. The van der Waals surface area contributed by atoms with Gasteiger partial charge in [-0.3, -0.25) is 4.79 Å². The van der Waals surface area contributed by atoms with E-state index in [4.69, 9.17) is 0 Å². The summed E-state index contributed by atoms with van der Waals surface area (Å²) < 4.78 is 0. The van der Waals surface area contributed by atoms with Gasteiger partial charge in [0.2, 0.25) is 5.91 Å². The van der Waals surface area contributed by atoms with E-state index in [0.29, 0.717) is 0 Å². The van der Waals surface area contributed by atoms with Crippen molar-refractivity contribution in [3.8, 4) is 11.3 Å². The molecule has 22 heavy (non-hydrogen) atoms. The van der Waals surface area contributed by atoms with Gasteiger partial charge in [0, 0.05) is 29.1 Å². The summed E-state index contributed by atoms with van der Waals surface area (Å²) in [4.78, 5) is 16.3. The van der Waals surface area contributed by atoms with E-state index in [0.717, 1.165) is 35.0 Å². The van der Waals surface area contributed by atoms with Crippen molar-refractivity contribution in [2.24, 2.45) is 5.92 Å². The van der Waals surface area contributed by atoms with Crippen molar-refractivity contribution in [2.45, 2.75) is 33.6 Å². The first-order chi connectivity index (χ1) is 10.6. The predicted octanol–water partition coefficient (Wildman–Crippen LogP) is 4.62. The minimum Gasteiger partial charge on any atom is -0.362 e. The van der Waals surface area contributed by atoms with Crippen molar-refractivity contribution in [1.82, 2.24) is 4.98 Å². The van der Waals surface area contributed by atoms with Gasteiger partial charge in [-0.05, 0) is 18.6 Å². The Morgan fingerprint density at radius 3 is 2.64 bits per heavy atom. The van der Waals surface area contributed by atoms with Gasteiger partial charge in [0.15, 0.2) is 5.13 Å². The van der Waals surface area contributed by atoms with Crippen LogP contribution in [0, 0.1) is 5.92 Å². The zero-order valence-electron chi connectivity index (χ0n) is 13.3. The Kier molecular flexibility index (Phi) is 5.95. The van der Waals surface area contributed by atoms with Crippen LogP contribution in [-0.2, 0) is 4.79 Å². The summed E-state index contributed by atoms with van der Waals surface area (Å²) in [5.74, 6) is 0.0128. The second kappa shape index (κ2) is 7.94. The first kappa shape index (κ1) is 16.5. The molecule has 0 aliphatic carbocycles. The molecule has 4 nitrogen and oxygen atoms in total. The number of nitrogens with zero attached hydrogens (tertiary/aromatic N) is 1. The van der Waals surface area contributed by atoms with Gasteiger partial charge in [-0.1, -0.05) is 39.3 Å². The topological polar surface area (TPSA) is 54.0 Å². The van der Waals surface area contributed by atoms with Crippen LogP contribution in [0.5, 0.6) is 0 Å². The van der Waals surface area contributed by atoms with Gasteiger partial charge in [0.05, 0.1) is 5.69 Å². The number of unbranched alkanes of at least 4 members (excludes halogenated alkanes) is 1. The molecule has 2 rings (SSSR count). The molecule has 0 spiro atoms. The van der Waals surface area contributed by atoms with Crippen molar-refractivity contribution in [3.63, 3.8) is 0 Å². The molecule has 1 heterocycles. The molecule has 0 radical (unpaired) electrons. The zero-order valence-corrected chi connectivity index (χ0v) is 14.2. The third-order valence-corrected chi connectivity index (χ3v) is 4.08. The average molecular weight is 317 g/mol. The van der Waals surface area contributed by atoms with Crippen LogP contribution in [0.4, 0.5) is 10.8 Å². The molecule has 2 N–H and O–H groups in total. The monoisotopic (exact) mass is 317 g/mol. The smallest absolute Gasteiger partial charge is 0.226 e. The number of thiazole rings is 1. The number of carbonyl (C=O) groups is 1. The third-order valence-electron chi connectivity index (χ3n) is 3.28. The molecular weight excluding hydrogens is 294 g/mol. The van der Waals surface area contributed by atoms with E-state index in [2.05, 4.69) is 27.9 Å². The molecule has 1 aromatic heterocycles. The van der Waals surface area contributed by atoms with E-state index in [-0.39, 0.29) is 11.8 Å². The van der Waals surface area contributed by atoms with Crippen LogP contribution in [0.3, 0.4) is 0 Å². The molecule has 2 aromatic rings. The number of amides is 1. The van der Waals surface area contributed by atoms with Crippen molar-refractivity contribution in [3.05, 3.63) is 29.6 Å². The van der Waals surface area contributed by atoms with Gasteiger partial charge in [0.25, 0.3) is 0 Å². The molecule has 5 heteroatoms. The molecule has 118 valence electrons. The summed E-state index contributed by atoms with van der Waals surface area (Å²) in [5.41, 5.74) is 2.84. The molecule has 1 amide bonds. The van der Waals surface area contributed by atoms with Crippen LogP contribution in [0.1, 0.15) is 33.6 Å². The highest BCUT2D eigenvalue weighted by molar-refractivity contribution is 7.14. The van der Waals surface area contributed by atoms with Crippen LogP contribution in [0.15, 0.2) is 29.6 Å². The largest absolute Gasteiger partial charge is 0.362 e.